The molecule has 5 nitrogen and oxygen atoms in total. The van der Waals surface area contributed by atoms with Crippen LogP contribution in [0.25, 0.3) is 0 Å². The average Bonchev–Trinajstić information content (AvgIpc) is 2.36. The maximum absolute atomic E-state index is 11.0. The summed E-state index contributed by atoms with van der Waals surface area (Å²) in [5, 5.41) is 39.4. The highest BCUT2D eigenvalue weighted by molar-refractivity contribution is 5.83. The minimum absolute atomic E-state index is 0.0384. The van der Waals surface area contributed by atoms with Crippen molar-refractivity contribution in [1.82, 2.24) is 0 Å². The maximum Gasteiger partial charge on any atom is 0.154 e. The van der Waals surface area contributed by atoms with Gasteiger partial charge in [-0.15, -0.1) is 0 Å². The predicted octanol–water partition coefficient (Wildman–Crippen LogP) is 2.53. The van der Waals surface area contributed by atoms with Crippen LogP contribution in [-0.4, -0.2) is 26.7 Å². The van der Waals surface area contributed by atoms with Crippen LogP contribution >= 0.6 is 0 Å². The molecule has 0 bridgehead atoms. The average molecular weight is 288 g/mol. The van der Waals surface area contributed by atoms with Crippen LogP contribution in [0.1, 0.15) is 32.6 Å². The van der Waals surface area contributed by atoms with Crippen molar-refractivity contribution in [2.75, 3.05) is 0 Å². The topological polar surface area (TPSA) is 98.0 Å². The summed E-state index contributed by atoms with van der Waals surface area (Å²) in [6.07, 6.45) is 0.563. The quantitative estimate of drug-likeness (QED) is 0.651. The smallest absolute Gasteiger partial charge is 0.154 e. The highest BCUT2D eigenvalue weighted by Crippen LogP contribution is 2.37. The molecule has 0 fully saturated rings. The van der Waals surface area contributed by atoms with Gasteiger partial charge in [0.2, 0.25) is 0 Å². The Bertz CT molecular complexity index is 696. The van der Waals surface area contributed by atoms with Gasteiger partial charge in [0.05, 0.1) is 5.56 Å². The second kappa shape index (κ2) is 5.36. The lowest BCUT2D eigenvalue weighted by molar-refractivity contribution is 0.112. The Kier molecular flexibility index (Phi) is 3.76. The molecule has 0 radical (unpaired) electrons. The van der Waals surface area contributed by atoms with Crippen molar-refractivity contribution < 1.29 is 25.2 Å². The molecule has 0 spiro atoms. The fourth-order valence-electron chi connectivity index (χ4n) is 2.35. The molecular formula is C16H16O5. The molecule has 0 aliphatic heterocycles. The lowest BCUT2D eigenvalue weighted by atomic mass is 9.94. The summed E-state index contributed by atoms with van der Waals surface area (Å²) in [5.41, 5.74) is 1.81. The van der Waals surface area contributed by atoms with Crippen molar-refractivity contribution in [3.63, 3.8) is 0 Å². The van der Waals surface area contributed by atoms with E-state index in [2.05, 4.69) is 0 Å². The summed E-state index contributed by atoms with van der Waals surface area (Å²) in [4.78, 5) is 11.0. The van der Waals surface area contributed by atoms with Crippen LogP contribution in [-0.2, 0) is 6.42 Å². The van der Waals surface area contributed by atoms with Crippen LogP contribution in [0, 0.1) is 13.8 Å². The molecule has 4 N–H and O–H groups in total. The molecule has 0 saturated heterocycles. The zero-order valence-corrected chi connectivity index (χ0v) is 11.7. The van der Waals surface area contributed by atoms with Gasteiger partial charge in [0, 0.05) is 23.6 Å². The molecule has 0 aliphatic carbocycles. The van der Waals surface area contributed by atoms with Gasteiger partial charge < -0.3 is 20.4 Å². The van der Waals surface area contributed by atoms with E-state index in [0.29, 0.717) is 23.0 Å². The normalized spacial score (nSPS) is 10.6. The van der Waals surface area contributed by atoms with Crippen molar-refractivity contribution in [2.45, 2.75) is 20.3 Å². The number of carbonyl (C=O) groups excluding carboxylic acids is 1. The number of benzene rings is 2. The molecule has 0 unspecified atom stereocenters. The van der Waals surface area contributed by atoms with Crippen molar-refractivity contribution >= 4 is 6.29 Å². The third-order valence-corrected chi connectivity index (χ3v) is 3.53. The van der Waals surface area contributed by atoms with Gasteiger partial charge in [0.25, 0.3) is 0 Å². The Balaban J connectivity index is 2.57. The SMILES string of the molecule is Cc1cc(O)c(Cc2c(C)cc(O)cc2O)c(O)c1C=O. The third kappa shape index (κ3) is 2.63. The zero-order chi connectivity index (χ0) is 15.7. The second-order valence-electron chi connectivity index (χ2n) is 5.01. The molecule has 0 aliphatic rings. The number of rotatable bonds is 3. The Morgan fingerprint density at radius 1 is 0.905 bits per heavy atom. The van der Waals surface area contributed by atoms with E-state index in [4.69, 9.17) is 0 Å². The molecule has 0 heterocycles. The van der Waals surface area contributed by atoms with E-state index < -0.39 is 0 Å². The molecule has 110 valence electrons. The number of aromatic hydroxyl groups is 4. The van der Waals surface area contributed by atoms with Gasteiger partial charge in [-0.1, -0.05) is 0 Å². The standard InChI is InChI=1S/C16H16O5/c1-8-3-10(18)5-15(20)11(8)6-12-14(19)4-9(2)13(7-17)16(12)21/h3-5,7,18-21H,6H2,1-2H3. The van der Waals surface area contributed by atoms with Crippen LogP contribution in [0.5, 0.6) is 23.0 Å². The van der Waals surface area contributed by atoms with E-state index in [1.807, 2.05) is 0 Å². The molecule has 21 heavy (non-hydrogen) atoms. The molecule has 0 amide bonds. The Hall–Kier alpha value is -2.69. The molecule has 0 saturated carbocycles. The number of aryl methyl sites for hydroxylation is 2. The first kappa shape index (κ1) is 14.7. The van der Waals surface area contributed by atoms with Crippen molar-refractivity contribution in [2.24, 2.45) is 0 Å². The number of hydrogen-bond acceptors (Lipinski definition) is 5. The first-order chi connectivity index (χ1) is 9.85. The number of hydrogen-bond donors (Lipinski definition) is 4. The van der Waals surface area contributed by atoms with E-state index in [9.17, 15) is 25.2 Å². The molecule has 5 heteroatoms. The van der Waals surface area contributed by atoms with Gasteiger partial charge >= 0.3 is 0 Å². The molecule has 0 aromatic heterocycles. The van der Waals surface area contributed by atoms with Gasteiger partial charge in [-0.05, 0) is 37.1 Å². The van der Waals surface area contributed by atoms with Crippen LogP contribution < -0.4 is 0 Å². The lowest BCUT2D eigenvalue weighted by Crippen LogP contribution is -1.98. The van der Waals surface area contributed by atoms with Gasteiger partial charge in [0.15, 0.2) is 6.29 Å². The third-order valence-electron chi connectivity index (χ3n) is 3.53. The lowest BCUT2D eigenvalue weighted by Gasteiger charge is -2.14. The molecule has 0 atom stereocenters. The Morgan fingerprint density at radius 2 is 1.52 bits per heavy atom. The fourth-order valence-corrected chi connectivity index (χ4v) is 2.35. The van der Waals surface area contributed by atoms with Gasteiger partial charge in [-0.25, -0.2) is 0 Å². The van der Waals surface area contributed by atoms with Crippen molar-refractivity contribution in [3.05, 3.63) is 46.0 Å². The van der Waals surface area contributed by atoms with Gasteiger partial charge in [0.1, 0.15) is 23.0 Å². The van der Waals surface area contributed by atoms with E-state index in [0.717, 1.165) is 0 Å². The van der Waals surface area contributed by atoms with E-state index in [-0.39, 0.29) is 40.5 Å². The second-order valence-corrected chi connectivity index (χ2v) is 5.01. The van der Waals surface area contributed by atoms with Crippen molar-refractivity contribution in [3.8, 4) is 23.0 Å². The van der Waals surface area contributed by atoms with Crippen LogP contribution in [0.2, 0.25) is 0 Å². The summed E-state index contributed by atoms with van der Waals surface area (Å²) in [5.74, 6) is -0.656. The van der Waals surface area contributed by atoms with Gasteiger partial charge in [-0.3, -0.25) is 4.79 Å². The van der Waals surface area contributed by atoms with Gasteiger partial charge in [-0.2, -0.15) is 0 Å². The number of phenols is 4. The first-order valence-corrected chi connectivity index (χ1v) is 6.36. The largest absolute Gasteiger partial charge is 0.508 e. The summed E-state index contributed by atoms with van der Waals surface area (Å²) >= 11 is 0. The minimum atomic E-state index is -0.297. The number of phenolic OH excluding ortho intramolecular Hbond substituents is 4. The van der Waals surface area contributed by atoms with E-state index in [1.165, 1.54) is 18.2 Å². The Morgan fingerprint density at radius 3 is 2.10 bits per heavy atom. The van der Waals surface area contributed by atoms with Crippen LogP contribution in [0.15, 0.2) is 18.2 Å². The van der Waals surface area contributed by atoms with E-state index >= 15 is 0 Å². The van der Waals surface area contributed by atoms with Crippen LogP contribution in [0.3, 0.4) is 0 Å². The number of carbonyl (C=O) groups is 1. The fraction of sp³-hybridized carbons (Fsp3) is 0.188. The summed E-state index contributed by atoms with van der Waals surface area (Å²) in [6, 6.07) is 4.05. The molecule has 2 aromatic carbocycles. The van der Waals surface area contributed by atoms with Crippen molar-refractivity contribution in [1.29, 1.82) is 0 Å². The molecular weight excluding hydrogens is 272 g/mol. The maximum atomic E-state index is 11.0. The molecule has 2 rings (SSSR count). The first-order valence-electron chi connectivity index (χ1n) is 6.36. The summed E-state index contributed by atoms with van der Waals surface area (Å²) < 4.78 is 0. The number of aldehydes is 1. The monoisotopic (exact) mass is 288 g/mol. The summed E-state index contributed by atoms with van der Waals surface area (Å²) in [6.45, 7) is 3.30. The van der Waals surface area contributed by atoms with Crippen LogP contribution in [0.4, 0.5) is 0 Å². The summed E-state index contributed by atoms with van der Waals surface area (Å²) in [7, 11) is 0. The minimum Gasteiger partial charge on any atom is -0.508 e. The highest BCUT2D eigenvalue weighted by Gasteiger charge is 2.18. The molecule has 2 aromatic rings. The highest BCUT2D eigenvalue weighted by atomic mass is 16.3. The van der Waals surface area contributed by atoms with E-state index in [1.54, 1.807) is 13.8 Å². The Labute approximate surface area is 121 Å². The predicted molar refractivity (Wildman–Crippen MR) is 77.2 cm³/mol. The zero-order valence-electron chi connectivity index (χ0n) is 11.7.